The van der Waals surface area contributed by atoms with Gasteiger partial charge in [-0.15, -0.1) is 35.3 Å². The minimum absolute atomic E-state index is 0. The van der Waals surface area contributed by atoms with Gasteiger partial charge >= 0.3 is 6.18 Å². The first-order valence-electron chi connectivity index (χ1n) is 9.59. The summed E-state index contributed by atoms with van der Waals surface area (Å²) in [6, 6.07) is 0. The number of hydrogen-bond donors (Lipinski definition) is 1. The van der Waals surface area contributed by atoms with Crippen molar-refractivity contribution in [1.29, 1.82) is 0 Å². The topological polar surface area (TPSA) is 59.0 Å². The van der Waals surface area contributed by atoms with Gasteiger partial charge in [0.1, 0.15) is 0 Å². The zero-order valence-corrected chi connectivity index (χ0v) is 20.0. The quantitative estimate of drug-likeness (QED) is 0.220. The van der Waals surface area contributed by atoms with Gasteiger partial charge in [0.2, 0.25) is 0 Å². The van der Waals surface area contributed by atoms with E-state index in [1.807, 2.05) is 6.92 Å². The second kappa shape index (κ2) is 13.6. The third-order valence-corrected chi connectivity index (χ3v) is 5.26. The van der Waals surface area contributed by atoms with Crippen LogP contribution < -0.4 is 5.32 Å². The molecule has 0 bridgehead atoms. The van der Waals surface area contributed by atoms with E-state index in [1.54, 1.807) is 7.11 Å². The number of nitrogens with zero attached hydrogens (tertiary/aromatic N) is 3. The number of piperidine rings is 1. The van der Waals surface area contributed by atoms with E-state index in [-0.39, 0.29) is 30.1 Å². The van der Waals surface area contributed by atoms with Crippen LogP contribution in [0.5, 0.6) is 0 Å². The molecule has 0 amide bonds. The number of halogens is 4. The third-order valence-electron chi connectivity index (χ3n) is 4.35. The molecule has 0 spiro atoms. The number of rotatable bonds is 9. The number of alkyl halides is 3. The average molecular weight is 550 g/mol. The molecule has 11 heteroatoms. The molecule has 1 fully saturated rings. The average Bonchev–Trinajstić information content (AvgIpc) is 3.15. The van der Waals surface area contributed by atoms with Gasteiger partial charge in [-0.2, -0.15) is 13.2 Å². The van der Waals surface area contributed by atoms with E-state index >= 15 is 0 Å². The Balaban J connectivity index is 0.00000420. The molecular weight excluding hydrogens is 520 g/mol. The predicted molar refractivity (Wildman–Crippen MR) is 119 cm³/mol. The summed E-state index contributed by atoms with van der Waals surface area (Å²) in [7, 11) is 1.68. The number of hydrogen-bond acceptors (Lipinski definition) is 5. The van der Waals surface area contributed by atoms with Crippen LogP contribution >= 0.6 is 35.3 Å². The van der Waals surface area contributed by atoms with Crippen LogP contribution in [0, 0.1) is 0 Å². The lowest BCUT2D eigenvalue weighted by molar-refractivity contribution is -0.140. The predicted octanol–water partition coefficient (Wildman–Crippen LogP) is 3.81. The van der Waals surface area contributed by atoms with E-state index in [0.29, 0.717) is 31.2 Å². The molecule has 1 aliphatic rings. The molecule has 0 radical (unpaired) electrons. The van der Waals surface area contributed by atoms with Crippen molar-refractivity contribution in [2.24, 2.45) is 4.99 Å². The van der Waals surface area contributed by atoms with E-state index in [1.165, 1.54) is 0 Å². The van der Waals surface area contributed by atoms with Crippen LogP contribution in [0.2, 0.25) is 0 Å². The molecular formula is C18H30F3IN4O2S. The summed E-state index contributed by atoms with van der Waals surface area (Å²) in [5, 5.41) is 4.78. The second-order valence-corrected chi connectivity index (χ2v) is 7.46. The summed E-state index contributed by atoms with van der Waals surface area (Å²) in [6.45, 7) is 6.24. The largest absolute Gasteiger partial charge is 0.434 e. The molecule has 6 nitrogen and oxygen atoms in total. The van der Waals surface area contributed by atoms with Gasteiger partial charge in [0, 0.05) is 58.3 Å². The highest BCUT2D eigenvalue weighted by atomic mass is 127. The van der Waals surface area contributed by atoms with Crippen LogP contribution in [0.1, 0.15) is 36.9 Å². The minimum Gasteiger partial charge on any atom is -0.385 e. The van der Waals surface area contributed by atoms with Gasteiger partial charge in [0.05, 0.1) is 11.1 Å². The molecule has 1 aromatic rings. The monoisotopic (exact) mass is 550 g/mol. The van der Waals surface area contributed by atoms with E-state index in [0.717, 1.165) is 61.6 Å². The molecule has 29 heavy (non-hydrogen) atoms. The van der Waals surface area contributed by atoms with Crippen LogP contribution in [-0.2, 0) is 22.1 Å². The Morgan fingerprint density at radius 2 is 2.07 bits per heavy atom. The van der Waals surface area contributed by atoms with Crippen molar-refractivity contribution in [3.63, 3.8) is 0 Å². The summed E-state index contributed by atoms with van der Waals surface area (Å²) < 4.78 is 48.8. The van der Waals surface area contributed by atoms with Crippen LogP contribution in [0.25, 0.3) is 0 Å². The highest BCUT2D eigenvalue weighted by molar-refractivity contribution is 14.0. The molecule has 0 atom stereocenters. The summed E-state index contributed by atoms with van der Waals surface area (Å²) in [4.78, 5) is 10.4. The SMILES string of the molecule is CCNC(=NCCc1nc(C(F)(F)F)cs1)N1CCC(OCCCOC)CC1.I. The van der Waals surface area contributed by atoms with Crippen LogP contribution in [0.15, 0.2) is 10.4 Å². The lowest BCUT2D eigenvalue weighted by atomic mass is 10.1. The Hall–Kier alpha value is -0.660. The Kier molecular flexibility index (Phi) is 12.4. The molecule has 1 aromatic heterocycles. The van der Waals surface area contributed by atoms with Crippen molar-refractivity contribution in [3.05, 3.63) is 16.1 Å². The normalized spacial score (nSPS) is 16.0. The van der Waals surface area contributed by atoms with E-state index in [2.05, 4.69) is 20.2 Å². The zero-order valence-electron chi connectivity index (χ0n) is 16.8. The zero-order chi connectivity index (χ0) is 20.4. The van der Waals surface area contributed by atoms with Crippen molar-refractivity contribution in [1.82, 2.24) is 15.2 Å². The van der Waals surface area contributed by atoms with Crippen molar-refractivity contribution in [3.8, 4) is 0 Å². The standard InChI is InChI=1S/C18H29F3N4O2S.HI/c1-3-22-17(23-8-5-16-24-15(13-28-16)18(19,20)21)25-9-6-14(7-10-25)27-12-4-11-26-2;/h13-14H,3-12H2,1-2H3,(H,22,23);1H. The first-order chi connectivity index (χ1) is 13.4. The highest BCUT2D eigenvalue weighted by Gasteiger charge is 2.33. The van der Waals surface area contributed by atoms with Gasteiger partial charge in [-0.25, -0.2) is 4.98 Å². The molecule has 168 valence electrons. The highest BCUT2D eigenvalue weighted by Crippen LogP contribution is 2.30. The Morgan fingerprint density at radius 3 is 2.66 bits per heavy atom. The molecule has 0 saturated carbocycles. The number of guanidine groups is 1. The Bertz CT molecular complexity index is 608. The molecule has 0 aromatic carbocycles. The molecule has 2 rings (SSSR count). The van der Waals surface area contributed by atoms with Crippen molar-refractivity contribution in [2.75, 3.05) is 46.5 Å². The molecule has 1 N–H and O–H groups in total. The fraction of sp³-hybridized carbons (Fsp3) is 0.778. The van der Waals surface area contributed by atoms with E-state index in [9.17, 15) is 13.2 Å². The van der Waals surface area contributed by atoms with Crippen LogP contribution in [0.3, 0.4) is 0 Å². The van der Waals surface area contributed by atoms with Crippen molar-refractivity contribution in [2.45, 2.75) is 44.9 Å². The molecule has 0 unspecified atom stereocenters. The van der Waals surface area contributed by atoms with E-state index in [4.69, 9.17) is 9.47 Å². The van der Waals surface area contributed by atoms with Crippen LogP contribution in [0.4, 0.5) is 13.2 Å². The number of ether oxygens (including phenoxy) is 2. The van der Waals surface area contributed by atoms with Gasteiger partial charge < -0.3 is 19.7 Å². The van der Waals surface area contributed by atoms with Crippen molar-refractivity contribution >= 4 is 41.3 Å². The summed E-state index contributed by atoms with van der Waals surface area (Å²) >= 11 is 1.03. The molecule has 2 heterocycles. The maximum atomic E-state index is 12.6. The number of likely N-dealkylation sites (tertiary alicyclic amines) is 1. The molecule has 0 aliphatic carbocycles. The van der Waals surface area contributed by atoms with Crippen LogP contribution in [-0.4, -0.2) is 68.4 Å². The minimum atomic E-state index is -4.39. The van der Waals surface area contributed by atoms with Gasteiger partial charge in [0.25, 0.3) is 0 Å². The molecule has 1 aliphatic heterocycles. The number of aromatic nitrogens is 1. The number of nitrogens with one attached hydrogen (secondary N) is 1. The summed E-state index contributed by atoms with van der Waals surface area (Å²) in [5.41, 5.74) is -0.823. The van der Waals surface area contributed by atoms with Gasteiger partial charge in [-0.05, 0) is 26.2 Å². The smallest absolute Gasteiger partial charge is 0.385 e. The first kappa shape index (κ1) is 26.4. The third kappa shape index (κ3) is 9.35. The fourth-order valence-electron chi connectivity index (χ4n) is 2.93. The Morgan fingerprint density at radius 1 is 1.34 bits per heavy atom. The number of thiazole rings is 1. The van der Waals surface area contributed by atoms with Gasteiger partial charge in [-0.3, -0.25) is 4.99 Å². The molecule has 1 saturated heterocycles. The second-order valence-electron chi connectivity index (χ2n) is 6.51. The maximum absolute atomic E-state index is 12.6. The van der Waals surface area contributed by atoms with Crippen molar-refractivity contribution < 1.29 is 22.6 Å². The fourth-order valence-corrected chi connectivity index (χ4v) is 3.72. The number of aliphatic imine (C=N–C) groups is 1. The first-order valence-corrected chi connectivity index (χ1v) is 10.5. The summed E-state index contributed by atoms with van der Waals surface area (Å²) in [5.74, 6) is 0.799. The lowest BCUT2D eigenvalue weighted by Gasteiger charge is -2.34. The number of methoxy groups -OCH3 is 1. The summed E-state index contributed by atoms with van der Waals surface area (Å²) in [6.07, 6.45) is -0.977. The van der Waals surface area contributed by atoms with Gasteiger partial charge in [-0.1, -0.05) is 0 Å². The van der Waals surface area contributed by atoms with Gasteiger partial charge in [0.15, 0.2) is 11.7 Å². The Labute approximate surface area is 191 Å². The maximum Gasteiger partial charge on any atom is 0.434 e. The lowest BCUT2D eigenvalue weighted by Crippen LogP contribution is -2.47. The van der Waals surface area contributed by atoms with E-state index < -0.39 is 11.9 Å².